The number of benzene rings is 2. The van der Waals surface area contributed by atoms with Crippen LogP contribution in [0.15, 0.2) is 59.5 Å². The summed E-state index contributed by atoms with van der Waals surface area (Å²) in [5.41, 5.74) is -0.302. The van der Waals surface area contributed by atoms with Crippen LogP contribution in [0.3, 0.4) is 0 Å². The number of nitrogens with one attached hydrogen (secondary N) is 2. The van der Waals surface area contributed by atoms with E-state index in [1.807, 2.05) is 0 Å². The van der Waals surface area contributed by atoms with E-state index >= 15 is 0 Å². The number of carbonyl (C=O) groups excluding carboxylic acids is 1. The molecular weight excluding hydrogens is 457 g/mol. The number of sulfonamides is 1. The fourth-order valence-electron chi connectivity index (χ4n) is 2.59. The number of amides is 1. The Morgan fingerprint density at radius 3 is 2.19 bits per heavy atom. The van der Waals surface area contributed by atoms with Crippen LogP contribution in [0.25, 0.3) is 0 Å². The zero-order valence-corrected chi connectivity index (χ0v) is 17.5. The molecular formula is C19H16ClF3N4O3S. The smallest absolute Gasteiger partial charge is 0.324 e. The molecule has 3 rings (SSSR count). The van der Waals surface area contributed by atoms with Gasteiger partial charge in [0.05, 0.1) is 4.90 Å². The molecule has 0 aliphatic heterocycles. The fourth-order valence-corrected chi connectivity index (χ4v) is 3.78. The summed E-state index contributed by atoms with van der Waals surface area (Å²) in [6.07, 6.45) is -4.60. The van der Waals surface area contributed by atoms with Gasteiger partial charge in [0.1, 0.15) is 6.54 Å². The van der Waals surface area contributed by atoms with E-state index in [1.165, 1.54) is 55.5 Å². The topological polar surface area (TPSA) is 93.1 Å². The normalized spacial score (nSPS) is 11.9. The summed E-state index contributed by atoms with van der Waals surface area (Å²) in [6, 6.07) is 12.3. The first-order chi connectivity index (χ1) is 14.4. The molecule has 0 radical (unpaired) electrons. The third-order valence-electron chi connectivity index (χ3n) is 4.11. The Morgan fingerprint density at radius 1 is 1.06 bits per heavy atom. The van der Waals surface area contributed by atoms with Crippen LogP contribution in [-0.4, -0.2) is 24.1 Å². The van der Waals surface area contributed by atoms with Crippen molar-refractivity contribution in [3.63, 3.8) is 0 Å². The first-order valence-electron chi connectivity index (χ1n) is 8.74. The maximum atomic E-state index is 12.7. The van der Waals surface area contributed by atoms with Gasteiger partial charge >= 0.3 is 6.18 Å². The average molecular weight is 473 g/mol. The minimum atomic E-state index is -4.60. The molecule has 0 fully saturated rings. The van der Waals surface area contributed by atoms with Crippen LogP contribution in [0.5, 0.6) is 0 Å². The minimum absolute atomic E-state index is 0.0433. The molecule has 0 aliphatic carbocycles. The maximum absolute atomic E-state index is 12.7. The molecule has 7 nitrogen and oxygen atoms in total. The van der Waals surface area contributed by atoms with Gasteiger partial charge < -0.3 is 5.32 Å². The zero-order valence-electron chi connectivity index (χ0n) is 15.9. The van der Waals surface area contributed by atoms with Crippen LogP contribution in [0.1, 0.15) is 11.4 Å². The van der Waals surface area contributed by atoms with E-state index in [0.717, 1.165) is 10.7 Å². The van der Waals surface area contributed by atoms with Gasteiger partial charge in [0.2, 0.25) is 5.91 Å². The predicted molar refractivity (Wildman–Crippen MR) is 109 cm³/mol. The first kappa shape index (κ1) is 22.6. The van der Waals surface area contributed by atoms with Gasteiger partial charge in [0.25, 0.3) is 10.0 Å². The molecule has 0 saturated carbocycles. The second kappa shape index (κ2) is 8.60. The van der Waals surface area contributed by atoms with E-state index in [2.05, 4.69) is 15.1 Å². The number of hydrogen-bond acceptors (Lipinski definition) is 4. The van der Waals surface area contributed by atoms with Crippen molar-refractivity contribution in [3.05, 3.63) is 71.0 Å². The number of hydrogen-bond donors (Lipinski definition) is 2. The lowest BCUT2D eigenvalue weighted by molar-refractivity contribution is -0.141. The number of anilines is 2. The Labute approximate surface area is 180 Å². The van der Waals surface area contributed by atoms with Gasteiger partial charge in [-0.25, -0.2) is 8.42 Å². The molecule has 2 aromatic carbocycles. The first-order valence-corrected chi connectivity index (χ1v) is 10.6. The lowest BCUT2D eigenvalue weighted by Gasteiger charge is -2.10. The SMILES string of the molecule is Cc1cc(C(F)(F)F)nn1CC(=O)Nc1ccc(S(=O)(=O)Nc2ccc(Cl)cc2)cc1. The van der Waals surface area contributed by atoms with Gasteiger partial charge in [0.15, 0.2) is 5.69 Å². The summed E-state index contributed by atoms with van der Waals surface area (Å²) < 4.78 is 66.4. The molecule has 1 amide bonds. The highest BCUT2D eigenvalue weighted by Gasteiger charge is 2.34. The lowest BCUT2D eigenvalue weighted by atomic mass is 10.3. The zero-order chi connectivity index (χ0) is 22.8. The summed E-state index contributed by atoms with van der Waals surface area (Å²) in [7, 11) is -3.86. The van der Waals surface area contributed by atoms with Crippen LogP contribution >= 0.6 is 11.6 Å². The maximum Gasteiger partial charge on any atom is 0.435 e. The molecule has 3 aromatic rings. The highest BCUT2D eigenvalue weighted by atomic mass is 35.5. The Bertz CT molecular complexity index is 1190. The van der Waals surface area contributed by atoms with E-state index in [1.54, 1.807) is 0 Å². The molecule has 164 valence electrons. The Hall–Kier alpha value is -3.05. The number of carbonyl (C=O) groups is 1. The van der Waals surface area contributed by atoms with Crippen molar-refractivity contribution in [2.45, 2.75) is 24.5 Å². The van der Waals surface area contributed by atoms with Crippen LogP contribution in [0.2, 0.25) is 5.02 Å². The molecule has 0 spiro atoms. The highest BCUT2D eigenvalue weighted by molar-refractivity contribution is 7.92. The summed E-state index contributed by atoms with van der Waals surface area (Å²) in [5.74, 6) is -0.616. The van der Waals surface area contributed by atoms with Gasteiger partial charge in [-0.3, -0.25) is 14.2 Å². The Morgan fingerprint density at radius 2 is 1.65 bits per heavy atom. The third-order valence-corrected chi connectivity index (χ3v) is 5.76. The van der Waals surface area contributed by atoms with Gasteiger partial charge in [-0.1, -0.05) is 11.6 Å². The largest absolute Gasteiger partial charge is 0.435 e. The van der Waals surface area contributed by atoms with E-state index in [0.29, 0.717) is 10.7 Å². The van der Waals surface area contributed by atoms with Crippen LogP contribution < -0.4 is 10.0 Å². The summed E-state index contributed by atoms with van der Waals surface area (Å²) in [4.78, 5) is 12.1. The number of nitrogens with zero attached hydrogens (tertiary/aromatic N) is 2. The Kier molecular flexibility index (Phi) is 6.27. The number of alkyl halides is 3. The van der Waals surface area contributed by atoms with Gasteiger partial charge in [-0.05, 0) is 61.5 Å². The third kappa shape index (κ3) is 5.76. The second-order valence-electron chi connectivity index (χ2n) is 6.51. The number of aryl methyl sites for hydroxylation is 1. The number of aromatic nitrogens is 2. The number of rotatable bonds is 6. The quantitative estimate of drug-likeness (QED) is 0.559. The molecule has 0 bridgehead atoms. The van der Waals surface area contributed by atoms with Gasteiger partial charge in [-0.2, -0.15) is 18.3 Å². The average Bonchev–Trinajstić information content (AvgIpc) is 3.05. The molecule has 0 unspecified atom stereocenters. The molecule has 0 atom stereocenters. The summed E-state index contributed by atoms with van der Waals surface area (Å²) in [6.45, 7) is 0.975. The van der Waals surface area contributed by atoms with Gasteiger partial charge in [-0.15, -0.1) is 0 Å². The van der Waals surface area contributed by atoms with E-state index in [9.17, 15) is 26.4 Å². The van der Waals surface area contributed by atoms with Crippen LogP contribution in [0, 0.1) is 6.92 Å². The van der Waals surface area contributed by atoms with Gasteiger partial charge in [0, 0.05) is 22.1 Å². The highest BCUT2D eigenvalue weighted by Crippen LogP contribution is 2.28. The molecule has 1 aromatic heterocycles. The van der Waals surface area contributed by atoms with Crippen molar-refractivity contribution in [1.29, 1.82) is 0 Å². The van der Waals surface area contributed by atoms with Crippen LogP contribution in [0.4, 0.5) is 24.5 Å². The summed E-state index contributed by atoms with van der Waals surface area (Å²) >= 11 is 5.77. The van der Waals surface area contributed by atoms with Crippen molar-refractivity contribution in [1.82, 2.24) is 9.78 Å². The fraction of sp³-hybridized carbons (Fsp3) is 0.158. The lowest BCUT2D eigenvalue weighted by Crippen LogP contribution is -2.21. The standard InChI is InChI=1S/C19H16ClF3N4O3S/c1-12-10-17(19(21,22)23)25-27(12)11-18(28)24-14-6-8-16(9-7-14)31(29,30)26-15-4-2-13(20)3-5-15/h2-10,26H,11H2,1H3,(H,24,28). The summed E-state index contributed by atoms with van der Waals surface area (Å²) in [5, 5.41) is 6.34. The van der Waals surface area contributed by atoms with Crippen LogP contribution in [-0.2, 0) is 27.5 Å². The van der Waals surface area contributed by atoms with E-state index in [-0.39, 0.29) is 16.3 Å². The predicted octanol–water partition coefficient (Wildman–Crippen LogP) is 4.30. The molecule has 31 heavy (non-hydrogen) atoms. The van der Waals surface area contributed by atoms with Crippen molar-refractivity contribution in [3.8, 4) is 0 Å². The van der Waals surface area contributed by atoms with Crippen molar-refractivity contribution < 1.29 is 26.4 Å². The monoisotopic (exact) mass is 472 g/mol. The molecule has 12 heteroatoms. The molecule has 0 saturated heterocycles. The van der Waals surface area contributed by atoms with E-state index in [4.69, 9.17) is 11.6 Å². The molecule has 2 N–H and O–H groups in total. The van der Waals surface area contributed by atoms with E-state index < -0.39 is 34.3 Å². The Balaban J connectivity index is 1.65. The molecule has 1 heterocycles. The molecule has 0 aliphatic rings. The van der Waals surface area contributed by atoms with Crippen molar-refractivity contribution >= 4 is 38.9 Å². The number of halogens is 4. The second-order valence-corrected chi connectivity index (χ2v) is 8.63. The minimum Gasteiger partial charge on any atom is -0.324 e. The van der Waals surface area contributed by atoms with Crippen molar-refractivity contribution in [2.75, 3.05) is 10.0 Å². The van der Waals surface area contributed by atoms with Crippen molar-refractivity contribution in [2.24, 2.45) is 0 Å².